The highest BCUT2D eigenvalue weighted by Gasteiger charge is 2.19. The van der Waals surface area contributed by atoms with E-state index in [1.807, 2.05) is 0 Å². The molecule has 0 amide bonds. The van der Waals surface area contributed by atoms with Crippen molar-refractivity contribution in [3.63, 3.8) is 0 Å². The van der Waals surface area contributed by atoms with Crippen LogP contribution in [0.1, 0.15) is 27.8 Å². The summed E-state index contributed by atoms with van der Waals surface area (Å²) >= 11 is 0. The molecular formula is C29H30N+. The summed E-state index contributed by atoms with van der Waals surface area (Å²) in [4.78, 5) is 0. The first-order valence-electron chi connectivity index (χ1n) is 10.6. The minimum atomic E-state index is 1.24. The van der Waals surface area contributed by atoms with Crippen molar-refractivity contribution >= 4 is 0 Å². The van der Waals surface area contributed by atoms with E-state index in [0.29, 0.717) is 0 Å². The van der Waals surface area contributed by atoms with E-state index in [1.54, 1.807) is 0 Å². The van der Waals surface area contributed by atoms with Crippen LogP contribution in [0.4, 0.5) is 0 Å². The maximum absolute atomic E-state index is 2.36. The molecule has 0 bridgehead atoms. The molecule has 0 unspecified atom stereocenters. The second-order valence-electron chi connectivity index (χ2n) is 8.48. The molecule has 1 aromatic heterocycles. The fraction of sp³-hybridized carbons (Fsp3) is 0.207. The quantitative estimate of drug-likeness (QED) is 0.329. The number of rotatable bonds is 3. The van der Waals surface area contributed by atoms with E-state index in [-0.39, 0.29) is 0 Å². The number of hydrogen-bond acceptors (Lipinski definition) is 0. The van der Waals surface area contributed by atoms with E-state index in [0.717, 1.165) is 0 Å². The maximum atomic E-state index is 2.36. The third kappa shape index (κ3) is 3.57. The average Bonchev–Trinajstić information content (AvgIpc) is 2.70. The molecule has 3 aromatic carbocycles. The molecule has 0 radical (unpaired) electrons. The zero-order valence-corrected chi connectivity index (χ0v) is 18.9. The van der Waals surface area contributed by atoms with Crippen LogP contribution in [-0.4, -0.2) is 0 Å². The Morgan fingerprint density at radius 2 is 1.20 bits per heavy atom. The maximum Gasteiger partial charge on any atom is 0.213 e. The first-order valence-corrected chi connectivity index (χ1v) is 10.6. The second kappa shape index (κ2) is 7.91. The summed E-state index contributed by atoms with van der Waals surface area (Å²) in [5, 5.41) is 0. The summed E-state index contributed by atoms with van der Waals surface area (Å²) < 4.78 is 2.26. The zero-order chi connectivity index (χ0) is 21.4. The summed E-state index contributed by atoms with van der Waals surface area (Å²) in [5.74, 6) is 0. The molecule has 0 N–H and O–H groups in total. The highest BCUT2D eigenvalue weighted by Crippen LogP contribution is 2.34. The number of nitrogens with zero attached hydrogens (tertiary/aromatic N) is 1. The Bertz CT molecular complexity index is 1250. The average molecular weight is 393 g/mol. The Balaban J connectivity index is 1.92. The van der Waals surface area contributed by atoms with Gasteiger partial charge in [-0.15, -0.1) is 0 Å². The van der Waals surface area contributed by atoms with Crippen LogP contribution in [0.3, 0.4) is 0 Å². The van der Waals surface area contributed by atoms with Crippen molar-refractivity contribution in [1.29, 1.82) is 0 Å². The fourth-order valence-electron chi connectivity index (χ4n) is 4.54. The van der Waals surface area contributed by atoms with E-state index in [4.69, 9.17) is 0 Å². The lowest BCUT2D eigenvalue weighted by Gasteiger charge is -2.15. The van der Waals surface area contributed by atoms with E-state index in [1.165, 1.54) is 61.3 Å². The topological polar surface area (TPSA) is 3.88 Å². The SMILES string of the molecule is Cc1ccc(-c2cc(-c3cccc(-c4ccccc4C)c3C)[n+](C)cc2C)c(C)c1. The summed E-state index contributed by atoms with van der Waals surface area (Å²) in [6.07, 6.45) is 2.25. The van der Waals surface area contributed by atoms with Gasteiger partial charge < -0.3 is 0 Å². The normalized spacial score (nSPS) is 11.0. The van der Waals surface area contributed by atoms with Crippen LogP contribution in [0.15, 0.2) is 72.9 Å². The molecule has 1 nitrogen and oxygen atoms in total. The van der Waals surface area contributed by atoms with E-state index in [2.05, 4.69) is 119 Å². The van der Waals surface area contributed by atoms with Gasteiger partial charge >= 0.3 is 0 Å². The Morgan fingerprint density at radius 1 is 0.533 bits per heavy atom. The van der Waals surface area contributed by atoms with Gasteiger partial charge in [0, 0.05) is 17.2 Å². The van der Waals surface area contributed by atoms with Crippen LogP contribution in [0.5, 0.6) is 0 Å². The molecule has 0 aliphatic carbocycles. The molecule has 0 atom stereocenters. The van der Waals surface area contributed by atoms with Gasteiger partial charge in [-0.1, -0.05) is 60.2 Å². The molecule has 0 aliphatic rings. The Labute approximate surface area is 180 Å². The smallest absolute Gasteiger partial charge is 0.201 e. The molecule has 0 fully saturated rings. The van der Waals surface area contributed by atoms with Crippen LogP contribution >= 0.6 is 0 Å². The van der Waals surface area contributed by atoms with Crippen molar-refractivity contribution in [2.45, 2.75) is 34.6 Å². The number of aryl methyl sites for hydroxylation is 5. The molecular weight excluding hydrogens is 362 g/mol. The molecule has 0 aliphatic heterocycles. The third-order valence-corrected chi connectivity index (χ3v) is 6.19. The number of aromatic nitrogens is 1. The van der Waals surface area contributed by atoms with Gasteiger partial charge in [0.25, 0.3) is 0 Å². The minimum Gasteiger partial charge on any atom is -0.201 e. The number of benzene rings is 3. The van der Waals surface area contributed by atoms with Crippen molar-refractivity contribution < 1.29 is 4.57 Å². The lowest BCUT2D eigenvalue weighted by molar-refractivity contribution is -0.660. The van der Waals surface area contributed by atoms with Gasteiger partial charge in [-0.2, -0.15) is 0 Å². The lowest BCUT2D eigenvalue weighted by Crippen LogP contribution is -2.31. The standard InChI is InChI=1S/C29H30N/c1-19-14-15-25(21(3)16-19)28-17-29(30(6)18-22(28)4)27-13-9-12-26(23(27)5)24-11-8-7-10-20(24)2/h7-18H,1-6H3/q+1. The minimum absolute atomic E-state index is 1.24. The largest absolute Gasteiger partial charge is 0.213 e. The summed E-state index contributed by atoms with van der Waals surface area (Å²) in [6, 6.07) is 24.4. The van der Waals surface area contributed by atoms with Crippen molar-refractivity contribution in [1.82, 2.24) is 0 Å². The molecule has 0 saturated carbocycles. The van der Waals surface area contributed by atoms with Crippen molar-refractivity contribution in [2.24, 2.45) is 7.05 Å². The van der Waals surface area contributed by atoms with Gasteiger partial charge in [0.05, 0.1) is 0 Å². The summed E-state index contributed by atoms with van der Waals surface area (Å²) in [5.41, 5.74) is 14.3. The first kappa shape index (κ1) is 20.1. The van der Waals surface area contributed by atoms with Gasteiger partial charge in [0.2, 0.25) is 5.69 Å². The predicted molar refractivity (Wildman–Crippen MR) is 128 cm³/mol. The zero-order valence-electron chi connectivity index (χ0n) is 18.9. The molecule has 30 heavy (non-hydrogen) atoms. The van der Waals surface area contributed by atoms with Gasteiger partial charge in [-0.25, -0.2) is 4.57 Å². The highest BCUT2D eigenvalue weighted by molar-refractivity contribution is 5.80. The van der Waals surface area contributed by atoms with Crippen LogP contribution in [0.25, 0.3) is 33.5 Å². The molecule has 0 spiro atoms. The highest BCUT2D eigenvalue weighted by atomic mass is 14.9. The van der Waals surface area contributed by atoms with E-state index >= 15 is 0 Å². The number of pyridine rings is 1. The second-order valence-corrected chi connectivity index (χ2v) is 8.48. The molecule has 1 heterocycles. The van der Waals surface area contributed by atoms with Crippen LogP contribution < -0.4 is 4.57 Å². The Hall–Kier alpha value is -3.19. The van der Waals surface area contributed by atoms with Gasteiger partial charge in [-0.3, -0.25) is 0 Å². The summed E-state index contributed by atoms with van der Waals surface area (Å²) in [6.45, 7) is 11.0. The van der Waals surface area contributed by atoms with Gasteiger partial charge in [0.15, 0.2) is 6.20 Å². The van der Waals surface area contributed by atoms with E-state index in [9.17, 15) is 0 Å². The van der Waals surface area contributed by atoms with Crippen LogP contribution in [0, 0.1) is 34.6 Å². The van der Waals surface area contributed by atoms with Crippen LogP contribution in [-0.2, 0) is 7.05 Å². The number of hydrogen-bond donors (Lipinski definition) is 0. The Kier molecular flexibility index (Phi) is 5.30. The van der Waals surface area contributed by atoms with Crippen molar-refractivity contribution in [3.8, 4) is 33.5 Å². The summed E-state index contributed by atoms with van der Waals surface area (Å²) in [7, 11) is 2.15. The lowest BCUT2D eigenvalue weighted by atomic mass is 9.90. The van der Waals surface area contributed by atoms with Crippen molar-refractivity contribution in [3.05, 3.63) is 101 Å². The van der Waals surface area contributed by atoms with Gasteiger partial charge in [0.1, 0.15) is 7.05 Å². The van der Waals surface area contributed by atoms with Crippen molar-refractivity contribution in [2.75, 3.05) is 0 Å². The van der Waals surface area contributed by atoms with E-state index < -0.39 is 0 Å². The van der Waals surface area contributed by atoms with Crippen LogP contribution in [0.2, 0.25) is 0 Å². The third-order valence-electron chi connectivity index (χ3n) is 6.19. The molecule has 4 rings (SSSR count). The molecule has 4 aromatic rings. The molecule has 1 heteroatoms. The first-order chi connectivity index (χ1) is 14.4. The fourth-order valence-corrected chi connectivity index (χ4v) is 4.54. The molecule has 150 valence electrons. The van der Waals surface area contributed by atoms with Gasteiger partial charge in [-0.05, 0) is 79.6 Å². The predicted octanol–water partition coefficient (Wildman–Crippen LogP) is 7.05. The Morgan fingerprint density at radius 3 is 1.93 bits per heavy atom. The monoisotopic (exact) mass is 392 g/mol. The molecule has 0 saturated heterocycles.